The van der Waals surface area contributed by atoms with Crippen LogP contribution in [0.25, 0.3) is 55.6 Å². The maximum Gasteiger partial charge on any atom is 0.124 e. The topological polar surface area (TPSA) is 115 Å². The zero-order valence-corrected chi connectivity index (χ0v) is 20.7. The van der Waals surface area contributed by atoms with Gasteiger partial charge in [0, 0.05) is 34.3 Å². The molecular formula is C29H26FN7O. The first-order valence-corrected chi connectivity index (χ1v) is 12.6. The molecule has 0 fully saturated rings. The molecule has 0 aliphatic rings. The highest BCUT2D eigenvalue weighted by Gasteiger charge is 2.16. The van der Waals surface area contributed by atoms with Crippen molar-refractivity contribution in [2.45, 2.75) is 32.4 Å². The van der Waals surface area contributed by atoms with Gasteiger partial charge in [0.1, 0.15) is 17.7 Å². The molecule has 0 saturated carbocycles. The number of aromatic amines is 2. The number of halogens is 1. The van der Waals surface area contributed by atoms with Crippen LogP contribution in [0.2, 0.25) is 0 Å². The molecule has 8 nitrogen and oxygen atoms in total. The molecular weight excluding hydrogens is 481 g/mol. The van der Waals surface area contributed by atoms with Crippen molar-refractivity contribution in [3.8, 4) is 33.8 Å². The fourth-order valence-electron chi connectivity index (χ4n) is 4.64. The minimum absolute atomic E-state index is 0.278. The van der Waals surface area contributed by atoms with Gasteiger partial charge in [-0.15, -0.1) is 0 Å². The molecule has 6 rings (SSSR count). The molecule has 6 aromatic rings. The molecule has 1 unspecified atom stereocenters. The SMILES string of the molecule is CCCCC(O)Nc1cncc(-c2cc3c(-c4cc5c(-c6ccc(F)cc6)cncc5[nH]4)n[nH]c3cn2)c1. The van der Waals surface area contributed by atoms with Gasteiger partial charge in [-0.1, -0.05) is 25.5 Å². The third-order valence-electron chi connectivity index (χ3n) is 6.60. The molecule has 5 heterocycles. The van der Waals surface area contributed by atoms with Crippen molar-refractivity contribution in [2.24, 2.45) is 0 Å². The third-order valence-corrected chi connectivity index (χ3v) is 6.60. The van der Waals surface area contributed by atoms with Crippen LogP contribution < -0.4 is 5.32 Å². The predicted molar refractivity (Wildman–Crippen MR) is 147 cm³/mol. The fraction of sp³-hybridized carbons (Fsp3) is 0.172. The van der Waals surface area contributed by atoms with Gasteiger partial charge in [-0.2, -0.15) is 5.10 Å². The van der Waals surface area contributed by atoms with Crippen molar-refractivity contribution in [1.82, 2.24) is 30.1 Å². The molecule has 0 amide bonds. The van der Waals surface area contributed by atoms with Crippen molar-refractivity contribution in [1.29, 1.82) is 0 Å². The van der Waals surface area contributed by atoms with Crippen molar-refractivity contribution < 1.29 is 9.50 Å². The number of nitrogens with zero attached hydrogens (tertiary/aromatic N) is 4. The number of aliphatic hydroxyl groups excluding tert-OH is 1. The van der Waals surface area contributed by atoms with Crippen LogP contribution in [0.1, 0.15) is 26.2 Å². The number of aliphatic hydroxyl groups is 1. The average molecular weight is 508 g/mol. The molecule has 0 spiro atoms. The highest BCUT2D eigenvalue weighted by Crippen LogP contribution is 2.34. The second-order valence-electron chi connectivity index (χ2n) is 9.29. The zero-order chi connectivity index (χ0) is 26.1. The summed E-state index contributed by atoms with van der Waals surface area (Å²) in [4.78, 5) is 16.7. The zero-order valence-electron chi connectivity index (χ0n) is 20.7. The van der Waals surface area contributed by atoms with Crippen LogP contribution in [0.3, 0.4) is 0 Å². The number of H-pyrrole nitrogens is 2. The number of unbranched alkanes of at least 4 members (excludes halogenated alkanes) is 1. The number of pyridine rings is 3. The Hall–Kier alpha value is -4.63. The van der Waals surface area contributed by atoms with Gasteiger partial charge in [0.25, 0.3) is 0 Å². The van der Waals surface area contributed by atoms with Crippen LogP contribution >= 0.6 is 0 Å². The molecule has 38 heavy (non-hydrogen) atoms. The maximum absolute atomic E-state index is 13.5. The quantitative estimate of drug-likeness (QED) is 0.180. The van der Waals surface area contributed by atoms with Gasteiger partial charge < -0.3 is 15.4 Å². The minimum Gasteiger partial charge on any atom is -0.374 e. The van der Waals surface area contributed by atoms with Crippen molar-refractivity contribution in [2.75, 3.05) is 5.32 Å². The van der Waals surface area contributed by atoms with E-state index in [9.17, 15) is 9.50 Å². The molecule has 5 aromatic heterocycles. The number of anilines is 1. The Labute approximate surface area is 218 Å². The number of aromatic nitrogens is 6. The van der Waals surface area contributed by atoms with E-state index >= 15 is 0 Å². The fourth-order valence-corrected chi connectivity index (χ4v) is 4.64. The standard InChI is InChI=1S/C29H26FN7O/c1-2-3-4-28(38)34-20-9-18(12-31-13-20)24-11-22-27(16-33-24)36-37-29(22)25-10-21-23(14-32-15-26(21)35-25)17-5-7-19(30)8-6-17/h5-16,28,34-35,38H,2-4H2,1H3,(H,36,37). The Kier molecular flexibility index (Phi) is 6.27. The van der Waals surface area contributed by atoms with Crippen LogP contribution in [-0.4, -0.2) is 41.5 Å². The summed E-state index contributed by atoms with van der Waals surface area (Å²) in [5.41, 5.74) is 7.33. The van der Waals surface area contributed by atoms with Gasteiger partial charge >= 0.3 is 0 Å². The Balaban J connectivity index is 1.36. The van der Waals surface area contributed by atoms with Gasteiger partial charge in [-0.3, -0.25) is 20.1 Å². The molecule has 1 aromatic carbocycles. The Morgan fingerprint density at radius 2 is 1.76 bits per heavy atom. The number of nitrogens with one attached hydrogen (secondary N) is 3. The van der Waals surface area contributed by atoms with E-state index in [1.807, 2.05) is 18.2 Å². The minimum atomic E-state index is -0.626. The molecule has 0 radical (unpaired) electrons. The Morgan fingerprint density at radius 3 is 2.61 bits per heavy atom. The van der Waals surface area contributed by atoms with Gasteiger partial charge in [0.2, 0.25) is 0 Å². The Morgan fingerprint density at radius 1 is 0.921 bits per heavy atom. The first-order valence-electron chi connectivity index (χ1n) is 12.6. The lowest BCUT2D eigenvalue weighted by Crippen LogP contribution is -2.18. The summed E-state index contributed by atoms with van der Waals surface area (Å²) in [7, 11) is 0. The summed E-state index contributed by atoms with van der Waals surface area (Å²) < 4.78 is 13.5. The van der Waals surface area contributed by atoms with Crippen LogP contribution in [0.4, 0.5) is 10.1 Å². The van der Waals surface area contributed by atoms with E-state index in [0.717, 1.165) is 74.1 Å². The first kappa shape index (κ1) is 23.7. The van der Waals surface area contributed by atoms with Gasteiger partial charge in [0.05, 0.1) is 46.7 Å². The molecule has 0 aliphatic carbocycles. The summed E-state index contributed by atoms with van der Waals surface area (Å²) in [6, 6.07) is 12.3. The molecule has 0 bridgehead atoms. The van der Waals surface area contributed by atoms with Gasteiger partial charge in [-0.05, 0) is 48.7 Å². The van der Waals surface area contributed by atoms with Crippen molar-refractivity contribution in [3.63, 3.8) is 0 Å². The van der Waals surface area contributed by atoms with Gasteiger partial charge in [0.15, 0.2) is 0 Å². The number of rotatable bonds is 8. The molecule has 0 aliphatic heterocycles. The second-order valence-corrected chi connectivity index (χ2v) is 9.29. The molecule has 0 saturated heterocycles. The van der Waals surface area contributed by atoms with Crippen LogP contribution in [0.15, 0.2) is 73.4 Å². The van der Waals surface area contributed by atoms with Gasteiger partial charge in [-0.25, -0.2) is 4.39 Å². The monoisotopic (exact) mass is 507 g/mol. The lowest BCUT2D eigenvalue weighted by molar-refractivity contribution is 0.190. The number of hydrogen-bond acceptors (Lipinski definition) is 6. The second kappa shape index (κ2) is 10.0. The van der Waals surface area contributed by atoms with E-state index < -0.39 is 6.23 Å². The highest BCUT2D eigenvalue weighted by molar-refractivity contribution is 6.01. The normalized spacial score (nSPS) is 12.3. The summed E-state index contributed by atoms with van der Waals surface area (Å²) >= 11 is 0. The number of hydrogen-bond donors (Lipinski definition) is 4. The summed E-state index contributed by atoms with van der Waals surface area (Å²) in [5, 5.41) is 22.9. The first-order chi connectivity index (χ1) is 18.6. The Bertz CT molecular complexity index is 1720. The van der Waals surface area contributed by atoms with Crippen molar-refractivity contribution in [3.05, 3.63) is 79.3 Å². The van der Waals surface area contributed by atoms with Crippen LogP contribution in [0, 0.1) is 5.82 Å². The predicted octanol–water partition coefficient (Wildman–Crippen LogP) is 6.29. The van der Waals surface area contributed by atoms with E-state index in [2.05, 4.69) is 42.4 Å². The van der Waals surface area contributed by atoms with E-state index in [0.29, 0.717) is 6.42 Å². The average Bonchev–Trinajstić information content (AvgIpc) is 3.56. The van der Waals surface area contributed by atoms with E-state index in [1.54, 1.807) is 43.1 Å². The molecule has 4 N–H and O–H groups in total. The number of benzene rings is 1. The molecule has 190 valence electrons. The molecule has 1 atom stereocenters. The molecule has 9 heteroatoms. The maximum atomic E-state index is 13.5. The van der Waals surface area contributed by atoms with Crippen LogP contribution in [-0.2, 0) is 0 Å². The smallest absolute Gasteiger partial charge is 0.124 e. The lowest BCUT2D eigenvalue weighted by atomic mass is 10.0. The van der Waals surface area contributed by atoms with E-state index in [1.165, 1.54) is 12.1 Å². The summed E-state index contributed by atoms with van der Waals surface area (Å²) in [6.07, 6.45) is 10.8. The lowest BCUT2D eigenvalue weighted by Gasteiger charge is -2.14. The summed E-state index contributed by atoms with van der Waals surface area (Å²) in [6.45, 7) is 2.10. The number of fused-ring (bicyclic) bond motifs is 2. The van der Waals surface area contributed by atoms with E-state index in [4.69, 9.17) is 0 Å². The van der Waals surface area contributed by atoms with Crippen LogP contribution in [0.5, 0.6) is 0 Å². The van der Waals surface area contributed by atoms with Crippen molar-refractivity contribution >= 4 is 27.5 Å². The third kappa shape index (κ3) is 4.59. The largest absolute Gasteiger partial charge is 0.374 e. The summed E-state index contributed by atoms with van der Waals surface area (Å²) in [5.74, 6) is -0.278. The van der Waals surface area contributed by atoms with E-state index in [-0.39, 0.29) is 5.82 Å². The highest BCUT2D eigenvalue weighted by atomic mass is 19.1.